The third kappa shape index (κ3) is 3.27. The SMILES string of the molecule is O=C(Nc1ccc(F)cc1)c1cnc(C(F)F)cn1. The van der Waals surface area contributed by atoms with Crippen LogP contribution in [-0.2, 0) is 0 Å². The number of hydrogen-bond acceptors (Lipinski definition) is 3. The standard InChI is InChI=1S/C12H8F3N3O/c13-7-1-3-8(4-2-7)18-12(19)10-6-16-9(5-17-10)11(14)15/h1-6,11H,(H,18,19). The normalized spacial score (nSPS) is 10.5. The van der Waals surface area contributed by atoms with Gasteiger partial charge in [-0.3, -0.25) is 9.78 Å². The van der Waals surface area contributed by atoms with Gasteiger partial charge >= 0.3 is 0 Å². The lowest BCUT2D eigenvalue weighted by Crippen LogP contribution is -2.14. The van der Waals surface area contributed by atoms with Gasteiger partial charge in [0, 0.05) is 5.69 Å². The summed E-state index contributed by atoms with van der Waals surface area (Å²) >= 11 is 0. The van der Waals surface area contributed by atoms with Crippen molar-refractivity contribution in [2.75, 3.05) is 5.32 Å². The van der Waals surface area contributed by atoms with Crippen LogP contribution in [0.5, 0.6) is 0 Å². The van der Waals surface area contributed by atoms with E-state index in [9.17, 15) is 18.0 Å². The average Bonchev–Trinajstić information content (AvgIpc) is 2.41. The number of aromatic nitrogens is 2. The summed E-state index contributed by atoms with van der Waals surface area (Å²) in [5, 5.41) is 2.44. The summed E-state index contributed by atoms with van der Waals surface area (Å²) in [7, 11) is 0. The van der Waals surface area contributed by atoms with Gasteiger partial charge in [-0.25, -0.2) is 18.2 Å². The van der Waals surface area contributed by atoms with Crippen LogP contribution in [0.1, 0.15) is 22.6 Å². The third-order valence-corrected chi connectivity index (χ3v) is 2.23. The molecule has 19 heavy (non-hydrogen) atoms. The number of anilines is 1. The summed E-state index contributed by atoms with van der Waals surface area (Å²) in [5.41, 5.74) is -0.238. The number of alkyl halides is 2. The van der Waals surface area contributed by atoms with E-state index in [0.29, 0.717) is 5.69 Å². The van der Waals surface area contributed by atoms with Gasteiger partial charge < -0.3 is 5.32 Å². The van der Waals surface area contributed by atoms with Crippen LogP contribution in [0.3, 0.4) is 0 Å². The molecule has 0 unspecified atom stereocenters. The van der Waals surface area contributed by atoms with E-state index in [0.717, 1.165) is 12.4 Å². The molecular weight excluding hydrogens is 259 g/mol. The van der Waals surface area contributed by atoms with E-state index in [4.69, 9.17) is 0 Å². The number of nitrogens with one attached hydrogen (secondary N) is 1. The van der Waals surface area contributed by atoms with Crippen molar-refractivity contribution < 1.29 is 18.0 Å². The second-order valence-electron chi connectivity index (χ2n) is 3.59. The van der Waals surface area contributed by atoms with Gasteiger partial charge in [0.25, 0.3) is 12.3 Å². The number of carbonyl (C=O) groups excluding carboxylic acids is 1. The number of benzene rings is 1. The highest BCUT2D eigenvalue weighted by Gasteiger charge is 2.12. The first-order valence-corrected chi connectivity index (χ1v) is 5.23. The summed E-state index contributed by atoms with van der Waals surface area (Å²) in [4.78, 5) is 18.7. The molecule has 0 fully saturated rings. The number of rotatable bonds is 3. The van der Waals surface area contributed by atoms with Gasteiger partial charge in [-0.15, -0.1) is 0 Å². The van der Waals surface area contributed by atoms with Crippen molar-refractivity contribution in [3.8, 4) is 0 Å². The van der Waals surface area contributed by atoms with Crippen LogP contribution in [0.4, 0.5) is 18.9 Å². The Morgan fingerprint density at radius 1 is 1.11 bits per heavy atom. The number of amides is 1. The Kier molecular flexibility index (Phi) is 3.74. The summed E-state index contributed by atoms with van der Waals surface area (Å²) < 4.78 is 37.2. The minimum atomic E-state index is -2.73. The third-order valence-electron chi connectivity index (χ3n) is 2.23. The number of hydrogen-bond donors (Lipinski definition) is 1. The lowest BCUT2D eigenvalue weighted by atomic mass is 10.3. The molecule has 0 aliphatic carbocycles. The Morgan fingerprint density at radius 3 is 2.32 bits per heavy atom. The van der Waals surface area contributed by atoms with Gasteiger partial charge in [0.05, 0.1) is 12.4 Å². The molecule has 7 heteroatoms. The minimum absolute atomic E-state index is 0.103. The van der Waals surface area contributed by atoms with Crippen LogP contribution in [0, 0.1) is 5.82 Å². The van der Waals surface area contributed by atoms with Gasteiger partial charge in [-0.1, -0.05) is 0 Å². The van der Waals surface area contributed by atoms with Gasteiger partial charge in [-0.05, 0) is 24.3 Å². The zero-order valence-corrected chi connectivity index (χ0v) is 9.48. The van der Waals surface area contributed by atoms with Crippen LogP contribution < -0.4 is 5.32 Å². The molecule has 0 spiro atoms. The first-order valence-electron chi connectivity index (χ1n) is 5.23. The van der Waals surface area contributed by atoms with Crippen molar-refractivity contribution in [1.82, 2.24) is 9.97 Å². The maximum atomic E-state index is 12.7. The highest BCUT2D eigenvalue weighted by atomic mass is 19.3. The fourth-order valence-electron chi connectivity index (χ4n) is 1.30. The molecule has 1 N–H and O–H groups in total. The topological polar surface area (TPSA) is 54.9 Å². The van der Waals surface area contributed by atoms with E-state index >= 15 is 0 Å². The molecule has 0 atom stereocenters. The van der Waals surface area contributed by atoms with Crippen LogP contribution in [0.2, 0.25) is 0 Å². The van der Waals surface area contributed by atoms with E-state index in [1.807, 2.05) is 0 Å². The highest BCUT2D eigenvalue weighted by molar-refractivity contribution is 6.02. The van der Waals surface area contributed by atoms with E-state index < -0.39 is 23.8 Å². The molecule has 1 heterocycles. The summed E-state index contributed by atoms with van der Waals surface area (Å²) in [6.07, 6.45) is -0.938. The Morgan fingerprint density at radius 2 is 1.79 bits per heavy atom. The van der Waals surface area contributed by atoms with Crippen LogP contribution in [0.15, 0.2) is 36.7 Å². The Hall–Kier alpha value is -2.44. The van der Waals surface area contributed by atoms with Crippen molar-refractivity contribution in [1.29, 1.82) is 0 Å². The largest absolute Gasteiger partial charge is 0.321 e. The van der Waals surface area contributed by atoms with E-state index in [-0.39, 0.29) is 5.69 Å². The molecule has 0 aliphatic heterocycles. The minimum Gasteiger partial charge on any atom is -0.321 e. The van der Waals surface area contributed by atoms with Crippen molar-refractivity contribution in [2.24, 2.45) is 0 Å². The molecule has 0 aliphatic rings. The zero-order chi connectivity index (χ0) is 13.8. The highest BCUT2D eigenvalue weighted by Crippen LogP contribution is 2.15. The Balaban J connectivity index is 2.09. The summed E-state index contributed by atoms with van der Waals surface area (Å²) in [6.45, 7) is 0. The van der Waals surface area contributed by atoms with E-state index in [2.05, 4.69) is 15.3 Å². The molecule has 0 saturated carbocycles. The molecule has 98 valence electrons. The fourth-order valence-corrected chi connectivity index (χ4v) is 1.30. The molecule has 1 amide bonds. The van der Waals surface area contributed by atoms with Crippen LogP contribution >= 0.6 is 0 Å². The van der Waals surface area contributed by atoms with Crippen molar-refractivity contribution >= 4 is 11.6 Å². The molecule has 0 saturated heterocycles. The molecular formula is C12H8F3N3O. The van der Waals surface area contributed by atoms with E-state index in [1.165, 1.54) is 24.3 Å². The number of nitrogens with zero attached hydrogens (tertiary/aromatic N) is 2. The molecule has 0 bridgehead atoms. The van der Waals surface area contributed by atoms with E-state index in [1.54, 1.807) is 0 Å². The average molecular weight is 267 g/mol. The zero-order valence-electron chi connectivity index (χ0n) is 9.48. The van der Waals surface area contributed by atoms with Crippen LogP contribution in [-0.4, -0.2) is 15.9 Å². The first kappa shape index (κ1) is 13.0. The first-order chi connectivity index (χ1) is 9.06. The predicted octanol–water partition coefficient (Wildman–Crippen LogP) is 2.81. The maximum Gasteiger partial charge on any atom is 0.281 e. The molecule has 4 nitrogen and oxygen atoms in total. The van der Waals surface area contributed by atoms with Crippen molar-refractivity contribution in [3.63, 3.8) is 0 Å². The summed E-state index contributed by atoms with van der Waals surface area (Å²) in [6, 6.07) is 5.10. The smallest absolute Gasteiger partial charge is 0.281 e. The maximum absolute atomic E-state index is 12.7. The molecule has 2 rings (SSSR count). The second-order valence-corrected chi connectivity index (χ2v) is 3.59. The van der Waals surface area contributed by atoms with Gasteiger partial charge in [0.1, 0.15) is 17.2 Å². The molecule has 1 aromatic carbocycles. The van der Waals surface area contributed by atoms with Crippen molar-refractivity contribution in [2.45, 2.75) is 6.43 Å². The number of carbonyl (C=O) groups is 1. The predicted molar refractivity (Wildman–Crippen MR) is 61.3 cm³/mol. The number of halogens is 3. The molecule has 1 aromatic heterocycles. The van der Waals surface area contributed by atoms with Gasteiger partial charge in [0.15, 0.2) is 0 Å². The van der Waals surface area contributed by atoms with Crippen LogP contribution in [0.25, 0.3) is 0 Å². The second kappa shape index (κ2) is 5.47. The quantitative estimate of drug-likeness (QED) is 0.930. The molecule has 2 aromatic rings. The summed E-state index contributed by atoms with van der Waals surface area (Å²) in [5.74, 6) is -1.04. The molecule has 0 radical (unpaired) electrons. The van der Waals surface area contributed by atoms with Gasteiger partial charge in [0.2, 0.25) is 0 Å². The Labute approximate surface area is 106 Å². The van der Waals surface area contributed by atoms with Gasteiger partial charge in [-0.2, -0.15) is 0 Å². The Bertz CT molecular complexity index is 570. The van der Waals surface area contributed by atoms with Crippen molar-refractivity contribution in [3.05, 3.63) is 53.9 Å². The fraction of sp³-hybridized carbons (Fsp3) is 0.0833. The lowest BCUT2D eigenvalue weighted by Gasteiger charge is -2.04. The monoisotopic (exact) mass is 267 g/mol. The lowest BCUT2D eigenvalue weighted by molar-refractivity contribution is 0.102.